The Morgan fingerprint density at radius 3 is 2.71 bits per heavy atom. The number of halogens is 1. The Bertz CT molecular complexity index is 791. The fraction of sp³-hybridized carbons (Fsp3) is 0.143. The number of esters is 1. The first kappa shape index (κ1) is 15.5. The number of carbonyl (C=O) groups excluding carboxylic acids is 1. The molecule has 0 unspecified atom stereocenters. The highest BCUT2D eigenvalue weighted by Crippen LogP contribution is 2.34. The summed E-state index contributed by atoms with van der Waals surface area (Å²) in [6.07, 6.45) is 0. The molecule has 1 N–H and O–H groups in total. The Labute approximate surface area is 127 Å². The Morgan fingerprint density at radius 2 is 2.10 bits per heavy atom. The van der Waals surface area contributed by atoms with Crippen molar-refractivity contribution in [1.82, 2.24) is 0 Å². The number of benzene rings is 1. The SMILES string of the molecule is COC(=O)/C(Sc1cc(=O)c2ccc(F)cc2s1)=C(\C)O. The fourth-order valence-electron chi connectivity index (χ4n) is 1.61. The van der Waals surface area contributed by atoms with Gasteiger partial charge in [-0.25, -0.2) is 9.18 Å². The van der Waals surface area contributed by atoms with Gasteiger partial charge in [-0.15, -0.1) is 11.3 Å². The zero-order valence-electron chi connectivity index (χ0n) is 11.2. The first-order valence-corrected chi connectivity index (χ1v) is 7.45. The molecule has 0 fully saturated rings. The van der Waals surface area contributed by atoms with E-state index < -0.39 is 11.8 Å². The minimum Gasteiger partial charge on any atom is -0.511 e. The van der Waals surface area contributed by atoms with Crippen LogP contribution in [-0.2, 0) is 9.53 Å². The number of allylic oxidation sites excluding steroid dienone is 1. The minimum atomic E-state index is -0.695. The monoisotopic (exact) mass is 326 g/mol. The van der Waals surface area contributed by atoms with Gasteiger partial charge in [-0.1, -0.05) is 11.8 Å². The predicted molar refractivity (Wildman–Crippen MR) is 81.3 cm³/mol. The lowest BCUT2D eigenvalue weighted by atomic mass is 10.2. The van der Waals surface area contributed by atoms with E-state index in [0.29, 0.717) is 14.3 Å². The molecular weight excluding hydrogens is 315 g/mol. The van der Waals surface area contributed by atoms with Crippen LogP contribution in [0.25, 0.3) is 10.1 Å². The van der Waals surface area contributed by atoms with Crippen molar-refractivity contribution in [2.45, 2.75) is 11.1 Å². The van der Waals surface area contributed by atoms with Crippen LogP contribution in [0.2, 0.25) is 0 Å². The van der Waals surface area contributed by atoms with Crippen LogP contribution in [-0.4, -0.2) is 18.2 Å². The fourth-order valence-corrected chi connectivity index (χ4v) is 3.81. The van der Waals surface area contributed by atoms with Gasteiger partial charge in [0.2, 0.25) is 0 Å². The summed E-state index contributed by atoms with van der Waals surface area (Å²) in [4.78, 5) is 23.5. The maximum Gasteiger partial charge on any atom is 0.348 e. The Kier molecular flexibility index (Phi) is 4.64. The van der Waals surface area contributed by atoms with E-state index in [9.17, 15) is 19.1 Å². The van der Waals surface area contributed by atoms with Crippen molar-refractivity contribution in [2.24, 2.45) is 0 Å². The second-order valence-corrected chi connectivity index (χ2v) is 6.47. The molecule has 0 bridgehead atoms. The molecule has 2 aromatic rings. The predicted octanol–water partition coefficient (Wildman–Crippen LogP) is 3.46. The van der Waals surface area contributed by atoms with Crippen molar-refractivity contribution in [2.75, 3.05) is 7.11 Å². The molecule has 0 radical (unpaired) electrons. The van der Waals surface area contributed by atoms with Crippen molar-refractivity contribution in [1.29, 1.82) is 0 Å². The molecule has 0 amide bonds. The number of thioether (sulfide) groups is 1. The lowest BCUT2D eigenvalue weighted by molar-refractivity contribution is -0.135. The largest absolute Gasteiger partial charge is 0.511 e. The van der Waals surface area contributed by atoms with Crippen LogP contribution < -0.4 is 5.43 Å². The first-order valence-electron chi connectivity index (χ1n) is 5.82. The number of ether oxygens (including phenoxy) is 1. The smallest absolute Gasteiger partial charge is 0.348 e. The van der Waals surface area contributed by atoms with Crippen LogP contribution in [0.5, 0.6) is 0 Å². The second kappa shape index (κ2) is 6.28. The first-order chi connectivity index (χ1) is 9.92. The summed E-state index contributed by atoms with van der Waals surface area (Å²) >= 11 is 2.07. The summed E-state index contributed by atoms with van der Waals surface area (Å²) in [7, 11) is 1.20. The van der Waals surface area contributed by atoms with Crippen LogP contribution in [0.1, 0.15) is 6.92 Å². The van der Waals surface area contributed by atoms with E-state index >= 15 is 0 Å². The molecule has 0 saturated heterocycles. The number of aliphatic hydroxyl groups is 1. The van der Waals surface area contributed by atoms with E-state index in [1.54, 1.807) is 0 Å². The van der Waals surface area contributed by atoms with Crippen molar-refractivity contribution in [3.63, 3.8) is 0 Å². The van der Waals surface area contributed by atoms with E-state index in [-0.39, 0.29) is 16.1 Å². The zero-order valence-corrected chi connectivity index (χ0v) is 12.8. The van der Waals surface area contributed by atoms with Gasteiger partial charge in [-0.05, 0) is 25.1 Å². The van der Waals surface area contributed by atoms with Crippen LogP contribution in [0.15, 0.2) is 43.9 Å². The molecule has 1 aromatic heterocycles. The van der Waals surface area contributed by atoms with E-state index in [4.69, 9.17) is 0 Å². The maximum atomic E-state index is 13.2. The standard InChI is InChI=1S/C14H11FO4S2/c1-7(16)13(14(18)19-2)21-12-6-10(17)9-4-3-8(15)5-11(9)20-12/h3-6,16H,1-2H3/b13-7-. The summed E-state index contributed by atoms with van der Waals surface area (Å²) < 4.78 is 18.8. The molecule has 0 spiro atoms. The molecular formula is C14H11FO4S2. The van der Waals surface area contributed by atoms with Gasteiger partial charge in [0, 0.05) is 16.2 Å². The molecule has 1 heterocycles. The van der Waals surface area contributed by atoms with E-state index in [2.05, 4.69) is 4.74 Å². The van der Waals surface area contributed by atoms with Gasteiger partial charge in [-0.2, -0.15) is 0 Å². The van der Waals surface area contributed by atoms with Crippen LogP contribution in [0.4, 0.5) is 4.39 Å². The van der Waals surface area contributed by atoms with Gasteiger partial charge in [0.15, 0.2) is 5.43 Å². The van der Waals surface area contributed by atoms with Gasteiger partial charge in [-0.3, -0.25) is 4.79 Å². The highest BCUT2D eigenvalue weighted by Gasteiger charge is 2.17. The van der Waals surface area contributed by atoms with Gasteiger partial charge in [0.1, 0.15) is 16.5 Å². The third-order valence-electron chi connectivity index (χ3n) is 2.57. The van der Waals surface area contributed by atoms with Crippen LogP contribution in [0, 0.1) is 5.82 Å². The normalized spacial score (nSPS) is 12.1. The van der Waals surface area contributed by atoms with Gasteiger partial charge in [0.05, 0.1) is 11.3 Å². The Morgan fingerprint density at radius 1 is 1.38 bits per heavy atom. The summed E-state index contributed by atoms with van der Waals surface area (Å²) in [6, 6.07) is 5.26. The van der Waals surface area contributed by atoms with E-state index in [0.717, 1.165) is 23.1 Å². The molecule has 110 valence electrons. The molecule has 2 rings (SSSR count). The lowest BCUT2D eigenvalue weighted by Gasteiger charge is -2.06. The Balaban J connectivity index is 2.50. The molecule has 0 aliphatic heterocycles. The van der Waals surface area contributed by atoms with Crippen molar-refractivity contribution in [3.8, 4) is 0 Å². The molecule has 7 heteroatoms. The summed E-state index contributed by atoms with van der Waals surface area (Å²) in [5, 5.41) is 9.94. The molecule has 0 aliphatic carbocycles. The highest BCUT2D eigenvalue weighted by atomic mass is 32.2. The minimum absolute atomic E-state index is 0.0103. The molecule has 1 aromatic carbocycles. The number of aliphatic hydroxyl groups excluding tert-OH is 1. The molecule has 21 heavy (non-hydrogen) atoms. The van der Waals surface area contributed by atoms with E-state index in [1.807, 2.05) is 0 Å². The number of carbonyl (C=O) groups is 1. The second-order valence-electron chi connectivity index (χ2n) is 4.08. The van der Waals surface area contributed by atoms with Crippen molar-refractivity contribution in [3.05, 3.63) is 51.0 Å². The van der Waals surface area contributed by atoms with Gasteiger partial charge < -0.3 is 9.84 Å². The van der Waals surface area contributed by atoms with Gasteiger partial charge in [0.25, 0.3) is 0 Å². The highest BCUT2D eigenvalue weighted by molar-refractivity contribution is 8.05. The summed E-state index contributed by atoms with van der Waals surface area (Å²) in [6.45, 7) is 1.35. The number of rotatable bonds is 3. The summed E-state index contributed by atoms with van der Waals surface area (Å²) in [5.41, 5.74) is -0.272. The topological polar surface area (TPSA) is 63.6 Å². The Hall–Kier alpha value is -1.86. The zero-order chi connectivity index (χ0) is 15.6. The maximum absolute atomic E-state index is 13.2. The molecule has 0 atom stereocenters. The molecule has 0 aliphatic rings. The third-order valence-corrected chi connectivity index (χ3v) is 4.93. The quantitative estimate of drug-likeness (QED) is 0.405. The number of hydrogen-bond donors (Lipinski definition) is 1. The van der Waals surface area contributed by atoms with Crippen LogP contribution >= 0.6 is 23.1 Å². The van der Waals surface area contributed by atoms with Crippen molar-refractivity contribution < 1.29 is 19.0 Å². The average molecular weight is 326 g/mol. The van der Waals surface area contributed by atoms with E-state index in [1.165, 1.54) is 38.3 Å². The number of methoxy groups -OCH3 is 1. The van der Waals surface area contributed by atoms with Crippen LogP contribution in [0.3, 0.4) is 0 Å². The number of hydrogen-bond acceptors (Lipinski definition) is 6. The molecule has 0 saturated carbocycles. The third kappa shape index (κ3) is 3.43. The lowest BCUT2D eigenvalue weighted by Crippen LogP contribution is -2.05. The summed E-state index contributed by atoms with van der Waals surface area (Å²) in [5.74, 6) is -1.34. The number of fused-ring (bicyclic) bond motifs is 1. The van der Waals surface area contributed by atoms with Gasteiger partial charge >= 0.3 is 5.97 Å². The molecule has 4 nitrogen and oxygen atoms in total. The average Bonchev–Trinajstić information content (AvgIpc) is 2.43. The van der Waals surface area contributed by atoms with Crippen molar-refractivity contribution >= 4 is 39.2 Å².